The Morgan fingerprint density at radius 2 is 2.29 bits per heavy atom. The van der Waals surface area contributed by atoms with Crippen molar-refractivity contribution in [1.82, 2.24) is 0 Å². The van der Waals surface area contributed by atoms with E-state index in [0.717, 1.165) is 5.76 Å². The molecule has 0 radical (unpaired) electrons. The van der Waals surface area contributed by atoms with Gasteiger partial charge in [0.1, 0.15) is 11.4 Å². The van der Waals surface area contributed by atoms with Gasteiger partial charge in [0.25, 0.3) is 0 Å². The van der Waals surface area contributed by atoms with Gasteiger partial charge in [0, 0.05) is 6.54 Å². The van der Waals surface area contributed by atoms with Gasteiger partial charge < -0.3 is 14.9 Å². The van der Waals surface area contributed by atoms with Gasteiger partial charge in [0.15, 0.2) is 0 Å². The van der Waals surface area contributed by atoms with Gasteiger partial charge in [0.05, 0.1) is 17.3 Å². The molecule has 1 aromatic heterocycles. The first kappa shape index (κ1) is 14.1. The molecule has 0 amide bonds. The fourth-order valence-electron chi connectivity index (χ4n) is 1.28. The number of furan rings is 1. The molecule has 1 unspecified atom stereocenters. The third-order valence-corrected chi connectivity index (χ3v) is 3.13. The SMILES string of the molecule is CC(C)(C)OC(=O)CSC(CN)c1ccco1. The summed E-state index contributed by atoms with van der Waals surface area (Å²) >= 11 is 1.43. The summed E-state index contributed by atoms with van der Waals surface area (Å²) in [5.41, 5.74) is 5.20. The standard InChI is InChI=1S/C12H19NO3S/c1-12(2,3)16-11(14)8-17-10(7-13)9-5-4-6-15-9/h4-6,10H,7-8,13H2,1-3H3. The van der Waals surface area contributed by atoms with Crippen LogP contribution >= 0.6 is 11.8 Å². The van der Waals surface area contributed by atoms with Gasteiger partial charge in [-0.2, -0.15) is 0 Å². The molecule has 1 rings (SSSR count). The Hall–Kier alpha value is -0.940. The first-order chi connectivity index (χ1) is 7.92. The Morgan fingerprint density at radius 1 is 1.59 bits per heavy atom. The van der Waals surface area contributed by atoms with Gasteiger partial charge in [0.2, 0.25) is 0 Å². The van der Waals surface area contributed by atoms with Crippen LogP contribution in [0, 0.1) is 0 Å². The molecule has 0 saturated heterocycles. The summed E-state index contributed by atoms with van der Waals surface area (Å²) in [6.45, 7) is 5.98. The van der Waals surface area contributed by atoms with Gasteiger partial charge in [-0.25, -0.2) is 0 Å². The first-order valence-corrected chi connectivity index (χ1v) is 6.54. The molecule has 5 heteroatoms. The monoisotopic (exact) mass is 257 g/mol. The molecule has 1 heterocycles. The van der Waals surface area contributed by atoms with E-state index in [4.69, 9.17) is 14.9 Å². The highest BCUT2D eigenvalue weighted by molar-refractivity contribution is 8.00. The summed E-state index contributed by atoms with van der Waals surface area (Å²) < 4.78 is 10.5. The van der Waals surface area contributed by atoms with Crippen molar-refractivity contribution in [2.75, 3.05) is 12.3 Å². The second-order valence-electron chi connectivity index (χ2n) is 4.64. The lowest BCUT2D eigenvalue weighted by Gasteiger charge is -2.20. The van der Waals surface area contributed by atoms with E-state index < -0.39 is 5.60 Å². The van der Waals surface area contributed by atoms with E-state index in [-0.39, 0.29) is 17.0 Å². The smallest absolute Gasteiger partial charge is 0.316 e. The summed E-state index contributed by atoms with van der Waals surface area (Å²) in [5.74, 6) is 0.841. The van der Waals surface area contributed by atoms with Crippen LogP contribution in [0.3, 0.4) is 0 Å². The van der Waals surface area contributed by atoms with E-state index in [9.17, 15) is 4.79 Å². The minimum absolute atomic E-state index is 0.00230. The van der Waals surface area contributed by atoms with E-state index in [1.807, 2.05) is 32.9 Å². The minimum Gasteiger partial charge on any atom is -0.468 e. The minimum atomic E-state index is -0.444. The van der Waals surface area contributed by atoms with Crippen LogP contribution in [0.1, 0.15) is 31.8 Å². The highest BCUT2D eigenvalue weighted by Crippen LogP contribution is 2.28. The van der Waals surface area contributed by atoms with Crippen molar-refractivity contribution in [3.05, 3.63) is 24.2 Å². The van der Waals surface area contributed by atoms with Crippen LogP contribution in [-0.2, 0) is 9.53 Å². The Labute approximate surface area is 106 Å². The molecule has 96 valence electrons. The van der Waals surface area contributed by atoms with Crippen LogP contribution in [0.25, 0.3) is 0 Å². The van der Waals surface area contributed by atoms with Crippen molar-refractivity contribution in [1.29, 1.82) is 0 Å². The van der Waals surface area contributed by atoms with Crippen molar-refractivity contribution < 1.29 is 13.9 Å². The van der Waals surface area contributed by atoms with Crippen LogP contribution in [0.2, 0.25) is 0 Å². The van der Waals surface area contributed by atoms with Crippen LogP contribution < -0.4 is 5.73 Å². The lowest BCUT2D eigenvalue weighted by Crippen LogP contribution is -2.25. The maximum atomic E-state index is 11.5. The molecule has 4 nitrogen and oxygen atoms in total. The van der Waals surface area contributed by atoms with Crippen LogP contribution in [0.15, 0.2) is 22.8 Å². The molecule has 0 aromatic carbocycles. The average Bonchev–Trinajstić information content (AvgIpc) is 2.69. The van der Waals surface area contributed by atoms with E-state index in [1.54, 1.807) is 6.26 Å². The molecule has 2 N–H and O–H groups in total. The van der Waals surface area contributed by atoms with Crippen LogP contribution in [0.5, 0.6) is 0 Å². The normalized spacial score (nSPS) is 13.4. The molecule has 0 aliphatic heterocycles. The van der Waals surface area contributed by atoms with E-state index >= 15 is 0 Å². The number of esters is 1. The van der Waals surface area contributed by atoms with Crippen LogP contribution in [0.4, 0.5) is 0 Å². The third-order valence-electron chi connectivity index (χ3n) is 1.90. The summed E-state index contributed by atoms with van der Waals surface area (Å²) in [5, 5.41) is -0.00230. The Morgan fingerprint density at radius 3 is 2.76 bits per heavy atom. The van der Waals surface area contributed by atoms with E-state index in [1.165, 1.54) is 11.8 Å². The number of hydrogen-bond donors (Lipinski definition) is 1. The summed E-state index contributed by atoms with van der Waals surface area (Å²) in [7, 11) is 0. The highest BCUT2D eigenvalue weighted by Gasteiger charge is 2.19. The molecule has 0 aliphatic rings. The van der Waals surface area contributed by atoms with Gasteiger partial charge in [-0.3, -0.25) is 4.79 Å². The second kappa shape index (κ2) is 6.12. The highest BCUT2D eigenvalue weighted by atomic mass is 32.2. The van der Waals surface area contributed by atoms with Gasteiger partial charge in [-0.05, 0) is 32.9 Å². The molecule has 1 atom stereocenters. The zero-order chi connectivity index (χ0) is 12.9. The Balaban J connectivity index is 2.41. The predicted octanol–water partition coefficient (Wildman–Crippen LogP) is 2.35. The van der Waals surface area contributed by atoms with Crippen molar-refractivity contribution >= 4 is 17.7 Å². The number of carbonyl (C=O) groups excluding carboxylic acids is 1. The quantitative estimate of drug-likeness (QED) is 0.820. The summed E-state index contributed by atoms with van der Waals surface area (Å²) in [6.07, 6.45) is 1.60. The Kier molecular flexibility index (Phi) is 5.08. The number of ether oxygens (including phenoxy) is 1. The molecule has 0 saturated carbocycles. The molecule has 0 spiro atoms. The van der Waals surface area contributed by atoms with Crippen molar-refractivity contribution in [3.63, 3.8) is 0 Å². The zero-order valence-electron chi connectivity index (χ0n) is 10.4. The average molecular weight is 257 g/mol. The predicted molar refractivity (Wildman–Crippen MR) is 68.8 cm³/mol. The number of nitrogens with two attached hydrogens (primary N) is 1. The fraction of sp³-hybridized carbons (Fsp3) is 0.583. The molecule has 0 fully saturated rings. The number of carbonyl (C=O) groups is 1. The van der Waals surface area contributed by atoms with E-state index in [0.29, 0.717) is 6.54 Å². The van der Waals surface area contributed by atoms with Gasteiger partial charge in [-0.1, -0.05) is 0 Å². The largest absolute Gasteiger partial charge is 0.468 e. The maximum absolute atomic E-state index is 11.5. The molecular formula is C12H19NO3S. The van der Waals surface area contributed by atoms with Crippen molar-refractivity contribution in [3.8, 4) is 0 Å². The Bertz CT molecular complexity index is 343. The lowest BCUT2D eigenvalue weighted by atomic mass is 10.2. The topological polar surface area (TPSA) is 65.5 Å². The number of hydrogen-bond acceptors (Lipinski definition) is 5. The molecule has 0 bridgehead atoms. The number of thioether (sulfide) groups is 1. The molecule has 0 aliphatic carbocycles. The van der Waals surface area contributed by atoms with Gasteiger partial charge >= 0.3 is 5.97 Å². The first-order valence-electron chi connectivity index (χ1n) is 5.49. The van der Waals surface area contributed by atoms with Crippen molar-refractivity contribution in [2.45, 2.75) is 31.6 Å². The second-order valence-corrected chi connectivity index (χ2v) is 5.83. The summed E-state index contributed by atoms with van der Waals surface area (Å²) in [4.78, 5) is 11.5. The van der Waals surface area contributed by atoms with Crippen molar-refractivity contribution in [2.24, 2.45) is 5.73 Å². The lowest BCUT2D eigenvalue weighted by molar-refractivity contribution is -0.151. The van der Waals surface area contributed by atoms with Gasteiger partial charge in [-0.15, -0.1) is 11.8 Å². The van der Waals surface area contributed by atoms with Crippen LogP contribution in [-0.4, -0.2) is 23.9 Å². The molecule has 1 aromatic rings. The summed E-state index contributed by atoms with van der Waals surface area (Å²) in [6, 6.07) is 3.67. The van der Waals surface area contributed by atoms with E-state index in [2.05, 4.69) is 0 Å². The fourth-order valence-corrected chi connectivity index (χ4v) is 2.11. The maximum Gasteiger partial charge on any atom is 0.316 e. The number of rotatable bonds is 5. The zero-order valence-corrected chi connectivity index (χ0v) is 11.3. The third kappa shape index (κ3) is 5.28. The molecule has 17 heavy (non-hydrogen) atoms. The molecular weight excluding hydrogens is 238 g/mol.